The van der Waals surface area contributed by atoms with E-state index >= 15 is 0 Å². The number of hydrogen-bond acceptors (Lipinski definition) is 2. The molecule has 2 heteroatoms. The summed E-state index contributed by atoms with van der Waals surface area (Å²) in [5, 5.41) is 3.37. The van der Waals surface area contributed by atoms with Crippen LogP contribution >= 0.6 is 0 Å². The lowest BCUT2D eigenvalue weighted by atomic mass is 9.82. The Labute approximate surface area is 82.0 Å². The maximum Gasteiger partial charge on any atom is 0.0587 e. The first-order valence-electron chi connectivity index (χ1n) is 5.63. The first-order chi connectivity index (χ1) is 6.43. The topological polar surface area (TPSA) is 21.3 Å². The van der Waals surface area contributed by atoms with Crippen molar-refractivity contribution in [2.75, 3.05) is 26.8 Å². The van der Waals surface area contributed by atoms with E-state index in [1.807, 2.05) is 0 Å². The van der Waals surface area contributed by atoms with Gasteiger partial charge >= 0.3 is 0 Å². The summed E-state index contributed by atoms with van der Waals surface area (Å²) < 4.78 is 4.95. The third-order valence-corrected chi connectivity index (χ3v) is 2.92. The van der Waals surface area contributed by atoms with Crippen molar-refractivity contribution in [3.63, 3.8) is 0 Å². The van der Waals surface area contributed by atoms with Crippen LogP contribution in [0.3, 0.4) is 0 Å². The maximum absolute atomic E-state index is 4.95. The number of nitrogens with one attached hydrogen (secondary N) is 1. The van der Waals surface area contributed by atoms with Gasteiger partial charge in [0.05, 0.1) is 6.61 Å². The quantitative estimate of drug-likeness (QED) is 0.585. The van der Waals surface area contributed by atoms with Crippen LogP contribution in [0.2, 0.25) is 0 Å². The molecule has 1 N–H and O–H groups in total. The number of ether oxygens (including phenoxy) is 1. The molecule has 0 radical (unpaired) electrons. The van der Waals surface area contributed by atoms with Crippen molar-refractivity contribution in [3.05, 3.63) is 0 Å². The molecule has 0 aromatic carbocycles. The van der Waals surface area contributed by atoms with Gasteiger partial charge in [0.2, 0.25) is 0 Å². The van der Waals surface area contributed by atoms with Crippen molar-refractivity contribution in [3.8, 4) is 0 Å². The van der Waals surface area contributed by atoms with Crippen LogP contribution in [0.5, 0.6) is 0 Å². The molecule has 13 heavy (non-hydrogen) atoms. The first-order valence-corrected chi connectivity index (χ1v) is 5.63. The molecule has 0 aromatic heterocycles. The highest BCUT2D eigenvalue weighted by molar-refractivity contribution is 4.69. The molecule has 0 heterocycles. The molecule has 0 spiro atoms. The molecule has 0 unspecified atom stereocenters. The van der Waals surface area contributed by atoms with Crippen LogP contribution in [0.4, 0.5) is 0 Å². The molecule has 2 nitrogen and oxygen atoms in total. The minimum absolute atomic E-state index is 0.836. The monoisotopic (exact) mass is 185 g/mol. The average molecular weight is 185 g/mol. The third kappa shape index (κ3) is 5.27. The minimum atomic E-state index is 0.836. The summed E-state index contributed by atoms with van der Waals surface area (Å²) in [6, 6.07) is 0. The van der Waals surface area contributed by atoms with Crippen molar-refractivity contribution in [1.82, 2.24) is 5.32 Å². The molecule has 0 aliphatic heterocycles. The summed E-state index contributed by atoms with van der Waals surface area (Å²) in [5.41, 5.74) is 0. The molecule has 0 saturated heterocycles. The van der Waals surface area contributed by atoms with E-state index in [0.717, 1.165) is 25.6 Å². The summed E-state index contributed by atoms with van der Waals surface area (Å²) in [5.74, 6) is 1.08. The summed E-state index contributed by atoms with van der Waals surface area (Å²) in [6.45, 7) is 3.00. The van der Waals surface area contributed by atoms with Gasteiger partial charge in [-0.25, -0.2) is 0 Å². The van der Waals surface area contributed by atoms with E-state index in [0.29, 0.717) is 0 Å². The average Bonchev–Trinajstić information content (AvgIpc) is 2.07. The largest absolute Gasteiger partial charge is 0.383 e. The standard InChI is InChI=1S/C11H23NO/c1-13-10-9-12-8-3-2-5-11-6-4-7-11/h11-12H,2-10H2,1H3. The van der Waals surface area contributed by atoms with Crippen LogP contribution < -0.4 is 5.32 Å². The van der Waals surface area contributed by atoms with Crippen molar-refractivity contribution in [1.29, 1.82) is 0 Å². The van der Waals surface area contributed by atoms with Crippen LogP contribution in [0.1, 0.15) is 38.5 Å². The van der Waals surface area contributed by atoms with Gasteiger partial charge < -0.3 is 10.1 Å². The molecular weight excluding hydrogens is 162 g/mol. The predicted molar refractivity (Wildman–Crippen MR) is 55.9 cm³/mol. The molecule has 1 aliphatic carbocycles. The molecule has 1 rings (SSSR count). The van der Waals surface area contributed by atoms with Crippen LogP contribution in [-0.2, 0) is 4.74 Å². The summed E-state index contributed by atoms with van der Waals surface area (Å²) in [6.07, 6.45) is 8.68. The van der Waals surface area contributed by atoms with Crippen molar-refractivity contribution >= 4 is 0 Å². The Morgan fingerprint density at radius 2 is 2.08 bits per heavy atom. The summed E-state index contributed by atoms with van der Waals surface area (Å²) in [7, 11) is 1.75. The third-order valence-electron chi connectivity index (χ3n) is 2.92. The molecule has 0 aromatic rings. The van der Waals surface area contributed by atoms with Gasteiger partial charge in [-0.15, -0.1) is 0 Å². The molecular formula is C11H23NO. The van der Waals surface area contributed by atoms with Gasteiger partial charge in [-0.05, 0) is 18.9 Å². The maximum atomic E-state index is 4.95. The number of hydrogen-bond donors (Lipinski definition) is 1. The van der Waals surface area contributed by atoms with Crippen LogP contribution in [0, 0.1) is 5.92 Å². The zero-order chi connectivity index (χ0) is 9.36. The van der Waals surface area contributed by atoms with E-state index in [1.54, 1.807) is 7.11 Å². The molecule has 78 valence electrons. The van der Waals surface area contributed by atoms with Crippen molar-refractivity contribution in [2.45, 2.75) is 38.5 Å². The van der Waals surface area contributed by atoms with Gasteiger partial charge in [0.25, 0.3) is 0 Å². The Morgan fingerprint density at radius 1 is 1.23 bits per heavy atom. The Hall–Kier alpha value is -0.0800. The van der Waals surface area contributed by atoms with Gasteiger partial charge in [-0.1, -0.05) is 32.1 Å². The van der Waals surface area contributed by atoms with E-state index in [2.05, 4.69) is 5.32 Å². The second-order valence-electron chi connectivity index (χ2n) is 4.04. The van der Waals surface area contributed by atoms with Gasteiger partial charge in [-0.3, -0.25) is 0 Å². The fraction of sp³-hybridized carbons (Fsp3) is 1.00. The van der Waals surface area contributed by atoms with E-state index in [-0.39, 0.29) is 0 Å². The zero-order valence-corrected chi connectivity index (χ0v) is 8.85. The van der Waals surface area contributed by atoms with Crippen molar-refractivity contribution < 1.29 is 4.74 Å². The van der Waals surface area contributed by atoms with E-state index in [9.17, 15) is 0 Å². The molecule has 1 aliphatic rings. The predicted octanol–water partition coefficient (Wildman–Crippen LogP) is 2.19. The van der Waals surface area contributed by atoms with Crippen LogP contribution in [0.15, 0.2) is 0 Å². The highest BCUT2D eigenvalue weighted by atomic mass is 16.5. The summed E-state index contributed by atoms with van der Waals surface area (Å²) in [4.78, 5) is 0. The van der Waals surface area contributed by atoms with Gasteiger partial charge in [0.15, 0.2) is 0 Å². The summed E-state index contributed by atoms with van der Waals surface area (Å²) >= 11 is 0. The fourth-order valence-electron chi connectivity index (χ4n) is 1.76. The SMILES string of the molecule is COCCNCCCCC1CCC1. The molecule has 0 amide bonds. The molecule has 0 atom stereocenters. The van der Waals surface area contributed by atoms with Crippen molar-refractivity contribution in [2.24, 2.45) is 5.92 Å². The Morgan fingerprint density at radius 3 is 2.69 bits per heavy atom. The smallest absolute Gasteiger partial charge is 0.0587 e. The fourth-order valence-corrected chi connectivity index (χ4v) is 1.76. The van der Waals surface area contributed by atoms with E-state index in [4.69, 9.17) is 4.74 Å². The molecule has 1 fully saturated rings. The van der Waals surface area contributed by atoms with Gasteiger partial charge in [-0.2, -0.15) is 0 Å². The van der Waals surface area contributed by atoms with Crippen LogP contribution in [-0.4, -0.2) is 26.8 Å². The Balaban J connectivity index is 1.68. The minimum Gasteiger partial charge on any atom is -0.383 e. The normalized spacial score (nSPS) is 17.3. The van der Waals surface area contributed by atoms with E-state index in [1.165, 1.54) is 38.5 Å². The van der Waals surface area contributed by atoms with Crippen LogP contribution in [0.25, 0.3) is 0 Å². The molecule has 1 saturated carbocycles. The highest BCUT2D eigenvalue weighted by Crippen LogP contribution is 2.30. The highest BCUT2D eigenvalue weighted by Gasteiger charge is 2.15. The Bertz CT molecular complexity index is 113. The lowest BCUT2D eigenvalue weighted by molar-refractivity contribution is 0.199. The lowest BCUT2D eigenvalue weighted by Crippen LogP contribution is -2.20. The molecule has 0 bridgehead atoms. The lowest BCUT2D eigenvalue weighted by Gasteiger charge is -2.24. The first kappa shape index (κ1) is 11.0. The van der Waals surface area contributed by atoms with E-state index < -0.39 is 0 Å². The zero-order valence-electron chi connectivity index (χ0n) is 8.85. The number of unbranched alkanes of at least 4 members (excludes halogenated alkanes) is 1. The number of rotatable bonds is 8. The number of methoxy groups -OCH3 is 1. The van der Waals surface area contributed by atoms with Gasteiger partial charge in [0, 0.05) is 13.7 Å². The van der Waals surface area contributed by atoms with Gasteiger partial charge in [0.1, 0.15) is 0 Å². The second kappa shape index (κ2) is 7.34. The second-order valence-corrected chi connectivity index (χ2v) is 4.04. The Kier molecular flexibility index (Phi) is 6.21.